The fourth-order valence-electron chi connectivity index (χ4n) is 2.43. The SMILES string of the molecule is NCc1ccc(C(=O)NCCC(COCc2ccccc2)C(=O)O)cc1. The van der Waals surface area contributed by atoms with Crippen LogP contribution in [0.15, 0.2) is 54.6 Å². The average molecular weight is 356 g/mol. The molecule has 2 rings (SSSR count). The highest BCUT2D eigenvalue weighted by Gasteiger charge is 2.18. The molecule has 1 amide bonds. The summed E-state index contributed by atoms with van der Waals surface area (Å²) in [6.07, 6.45) is 0.302. The maximum absolute atomic E-state index is 12.1. The van der Waals surface area contributed by atoms with Crippen LogP contribution >= 0.6 is 0 Å². The van der Waals surface area contributed by atoms with Crippen molar-refractivity contribution in [3.63, 3.8) is 0 Å². The van der Waals surface area contributed by atoms with E-state index in [0.29, 0.717) is 25.1 Å². The van der Waals surface area contributed by atoms with E-state index in [4.69, 9.17) is 10.5 Å². The van der Waals surface area contributed by atoms with Crippen molar-refractivity contribution in [2.45, 2.75) is 19.6 Å². The summed E-state index contributed by atoms with van der Waals surface area (Å²) in [5.74, 6) is -1.83. The highest BCUT2D eigenvalue weighted by Crippen LogP contribution is 2.08. The Labute approximate surface area is 153 Å². The number of ether oxygens (including phenoxy) is 1. The summed E-state index contributed by atoms with van der Waals surface area (Å²) in [4.78, 5) is 23.4. The molecule has 0 aliphatic heterocycles. The molecule has 1 atom stereocenters. The molecule has 0 heterocycles. The van der Waals surface area contributed by atoms with Crippen molar-refractivity contribution in [1.82, 2.24) is 5.32 Å². The monoisotopic (exact) mass is 356 g/mol. The first kappa shape index (κ1) is 19.6. The predicted octanol–water partition coefficient (Wildman–Crippen LogP) is 2.18. The number of rotatable bonds is 10. The second-order valence-corrected chi connectivity index (χ2v) is 5.98. The van der Waals surface area contributed by atoms with Gasteiger partial charge in [0.2, 0.25) is 0 Å². The van der Waals surface area contributed by atoms with Crippen molar-refractivity contribution >= 4 is 11.9 Å². The summed E-state index contributed by atoms with van der Waals surface area (Å²) >= 11 is 0. The number of carbonyl (C=O) groups excluding carboxylic acids is 1. The number of carboxylic acid groups (broad SMARTS) is 1. The normalized spacial score (nSPS) is 11.7. The molecule has 0 bridgehead atoms. The molecule has 2 aromatic rings. The third kappa shape index (κ3) is 6.31. The Morgan fingerprint density at radius 1 is 1.04 bits per heavy atom. The summed E-state index contributed by atoms with van der Waals surface area (Å²) < 4.78 is 5.51. The molecular formula is C20H24N2O4. The number of nitrogens with one attached hydrogen (secondary N) is 1. The van der Waals surface area contributed by atoms with Crippen LogP contribution in [-0.4, -0.2) is 30.1 Å². The number of hydrogen-bond acceptors (Lipinski definition) is 4. The molecule has 2 aromatic carbocycles. The van der Waals surface area contributed by atoms with Gasteiger partial charge in [-0.3, -0.25) is 9.59 Å². The van der Waals surface area contributed by atoms with Gasteiger partial charge in [0, 0.05) is 18.7 Å². The Kier molecular flexibility index (Phi) is 7.79. The fourth-order valence-corrected chi connectivity index (χ4v) is 2.43. The van der Waals surface area contributed by atoms with Gasteiger partial charge in [-0.2, -0.15) is 0 Å². The van der Waals surface area contributed by atoms with Crippen LogP contribution in [0.1, 0.15) is 27.9 Å². The summed E-state index contributed by atoms with van der Waals surface area (Å²) in [7, 11) is 0. The van der Waals surface area contributed by atoms with Crippen LogP contribution < -0.4 is 11.1 Å². The van der Waals surface area contributed by atoms with E-state index < -0.39 is 11.9 Å². The molecule has 6 heteroatoms. The van der Waals surface area contributed by atoms with E-state index in [0.717, 1.165) is 11.1 Å². The van der Waals surface area contributed by atoms with Gasteiger partial charge in [0.25, 0.3) is 5.91 Å². The molecule has 138 valence electrons. The Morgan fingerprint density at radius 3 is 2.35 bits per heavy atom. The first-order chi connectivity index (χ1) is 12.6. The molecule has 0 aliphatic carbocycles. The van der Waals surface area contributed by atoms with Crippen LogP contribution in [0.3, 0.4) is 0 Å². The Balaban J connectivity index is 1.75. The Bertz CT molecular complexity index is 702. The summed E-state index contributed by atoms with van der Waals surface area (Å²) in [5, 5.41) is 12.0. The minimum atomic E-state index is -0.931. The largest absolute Gasteiger partial charge is 0.481 e. The lowest BCUT2D eigenvalue weighted by atomic mass is 10.1. The minimum absolute atomic E-state index is 0.102. The third-order valence-electron chi connectivity index (χ3n) is 4.01. The van der Waals surface area contributed by atoms with Crippen molar-refractivity contribution in [1.29, 1.82) is 0 Å². The molecule has 26 heavy (non-hydrogen) atoms. The quantitative estimate of drug-likeness (QED) is 0.606. The highest BCUT2D eigenvalue weighted by atomic mass is 16.5. The van der Waals surface area contributed by atoms with Gasteiger partial charge in [0.15, 0.2) is 0 Å². The van der Waals surface area contributed by atoms with E-state index in [2.05, 4.69) is 5.32 Å². The lowest BCUT2D eigenvalue weighted by Gasteiger charge is -2.13. The highest BCUT2D eigenvalue weighted by molar-refractivity contribution is 5.94. The smallest absolute Gasteiger partial charge is 0.308 e. The van der Waals surface area contributed by atoms with E-state index in [1.807, 2.05) is 30.3 Å². The van der Waals surface area contributed by atoms with Gasteiger partial charge in [0.1, 0.15) is 0 Å². The third-order valence-corrected chi connectivity index (χ3v) is 4.01. The standard InChI is InChI=1S/C20H24N2O4/c21-12-15-6-8-17(9-7-15)19(23)22-11-10-18(20(24)25)14-26-13-16-4-2-1-3-5-16/h1-9,18H,10-14,21H2,(H,22,23)(H,24,25). The van der Waals surface area contributed by atoms with Crippen LogP contribution in [0.25, 0.3) is 0 Å². The zero-order valence-electron chi connectivity index (χ0n) is 14.6. The fraction of sp³-hybridized carbons (Fsp3) is 0.300. The molecule has 0 saturated heterocycles. The topological polar surface area (TPSA) is 102 Å². The minimum Gasteiger partial charge on any atom is -0.481 e. The van der Waals surface area contributed by atoms with Gasteiger partial charge in [-0.25, -0.2) is 0 Å². The van der Waals surface area contributed by atoms with Gasteiger partial charge < -0.3 is 20.9 Å². The van der Waals surface area contributed by atoms with Crippen LogP contribution in [-0.2, 0) is 22.7 Å². The van der Waals surface area contributed by atoms with E-state index in [9.17, 15) is 14.7 Å². The van der Waals surface area contributed by atoms with E-state index in [-0.39, 0.29) is 19.1 Å². The number of carboxylic acids is 1. The lowest BCUT2D eigenvalue weighted by Crippen LogP contribution is -2.29. The second kappa shape index (κ2) is 10.3. The maximum Gasteiger partial charge on any atom is 0.308 e. The zero-order valence-corrected chi connectivity index (χ0v) is 14.6. The molecule has 4 N–H and O–H groups in total. The van der Waals surface area contributed by atoms with Gasteiger partial charge in [-0.05, 0) is 29.7 Å². The molecule has 0 aromatic heterocycles. The van der Waals surface area contributed by atoms with Gasteiger partial charge in [0.05, 0.1) is 19.1 Å². The Hall–Kier alpha value is -2.70. The second-order valence-electron chi connectivity index (χ2n) is 5.98. The number of aliphatic carboxylic acids is 1. The molecule has 6 nitrogen and oxygen atoms in total. The molecule has 1 unspecified atom stereocenters. The van der Waals surface area contributed by atoms with E-state index in [1.165, 1.54) is 0 Å². The molecule has 0 saturated carbocycles. The molecule has 0 aliphatic rings. The number of benzene rings is 2. The van der Waals surface area contributed by atoms with Crippen LogP contribution in [0.5, 0.6) is 0 Å². The van der Waals surface area contributed by atoms with Crippen molar-refractivity contribution in [2.24, 2.45) is 11.7 Å². The van der Waals surface area contributed by atoms with E-state index >= 15 is 0 Å². The van der Waals surface area contributed by atoms with Crippen molar-refractivity contribution < 1.29 is 19.4 Å². The summed E-state index contributed by atoms with van der Waals surface area (Å²) in [6.45, 7) is 1.16. The lowest BCUT2D eigenvalue weighted by molar-refractivity contribution is -0.144. The Morgan fingerprint density at radius 2 is 1.73 bits per heavy atom. The number of amides is 1. The summed E-state index contributed by atoms with van der Waals surface area (Å²) in [6, 6.07) is 16.6. The predicted molar refractivity (Wildman–Crippen MR) is 98.5 cm³/mol. The molecule has 0 radical (unpaired) electrons. The van der Waals surface area contributed by atoms with Gasteiger partial charge in [-0.1, -0.05) is 42.5 Å². The molecular weight excluding hydrogens is 332 g/mol. The van der Waals surface area contributed by atoms with Crippen LogP contribution in [0.2, 0.25) is 0 Å². The number of carbonyl (C=O) groups is 2. The first-order valence-corrected chi connectivity index (χ1v) is 8.52. The van der Waals surface area contributed by atoms with Gasteiger partial charge in [-0.15, -0.1) is 0 Å². The van der Waals surface area contributed by atoms with Crippen molar-refractivity contribution in [2.75, 3.05) is 13.2 Å². The number of nitrogens with two attached hydrogens (primary N) is 1. The first-order valence-electron chi connectivity index (χ1n) is 8.52. The zero-order chi connectivity index (χ0) is 18.8. The number of hydrogen-bond donors (Lipinski definition) is 3. The van der Waals surface area contributed by atoms with Crippen LogP contribution in [0, 0.1) is 5.92 Å². The molecule has 0 fully saturated rings. The van der Waals surface area contributed by atoms with Gasteiger partial charge >= 0.3 is 5.97 Å². The van der Waals surface area contributed by atoms with Crippen LogP contribution in [0.4, 0.5) is 0 Å². The maximum atomic E-state index is 12.1. The van der Waals surface area contributed by atoms with Crippen molar-refractivity contribution in [3.05, 3.63) is 71.3 Å². The van der Waals surface area contributed by atoms with E-state index in [1.54, 1.807) is 24.3 Å². The van der Waals surface area contributed by atoms with Crippen molar-refractivity contribution in [3.8, 4) is 0 Å². The summed E-state index contributed by atoms with van der Waals surface area (Å²) in [5.41, 5.74) is 7.99. The average Bonchev–Trinajstić information content (AvgIpc) is 2.67. The molecule has 0 spiro atoms.